The van der Waals surface area contributed by atoms with Crippen LogP contribution in [0.25, 0.3) is 22.1 Å². The van der Waals surface area contributed by atoms with Crippen LogP contribution in [0.5, 0.6) is 0 Å². The van der Waals surface area contributed by atoms with Crippen LogP contribution >= 0.6 is 11.6 Å². The zero-order valence-electron chi connectivity index (χ0n) is 6.06. The second kappa shape index (κ2) is 2.17. The number of hydrogen-bond acceptors (Lipinski definition) is 6. The smallest absolute Gasteiger partial charge is 0.168 e. The molecular weight excluding hydrogens is 196 g/mol. The molecule has 0 aliphatic heterocycles. The van der Waals surface area contributed by atoms with Gasteiger partial charge in [-0.3, -0.25) is 0 Å². The maximum atomic E-state index is 5.86. The summed E-state index contributed by atoms with van der Waals surface area (Å²) in [5, 5.41) is 15.0. The van der Waals surface area contributed by atoms with Gasteiger partial charge in [0.1, 0.15) is 5.52 Å². The van der Waals surface area contributed by atoms with Crippen LogP contribution in [-0.4, -0.2) is 20.6 Å². The highest BCUT2D eigenvalue weighted by Gasteiger charge is 2.14. The zero-order valence-corrected chi connectivity index (χ0v) is 6.82. The number of rotatable bonds is 0. The lowest BCUT2D eigenvalue weighted by molar-refractivity contribution is 0.312. The fourth-order valence-electron chi connectivity index (χ4n) is 1.14. The van der Waals surface area contributed by atoms with Gasteiger partial charge in [0.2, 0.25) is 0 Å². The predicted molar refractivity (Wildman–Crippen MR) is 42.2 cm³/mol. The maximum absolute atomic E-state index is 5.86. The highest BCUT2D eigenvalue weighted by molar-refractivity contribution is 6.36. The molecule has 2 heterocycles. The summed E-state index contributed by atoms with van der Waals surface area (Å²) in [5.74, 6) is 0. The molecule has 7 heteroatoms. The SMILES string of the molecule is Clc1cc2nonc2c2nonc12. The summed E-state index contributed by atoms with van der Waals surface area (Å²) in [4.78, 5) is 0. The van der Waals surface area contributed by atoms with E-state index in [1.807, 2.05) is 0 Å². The van der Waals surface area contributed by atoms with Gasteiger partial charge < -0.3 is 0 Å². The van der Waals surface area contributed by atoms with Gasteiger partial charge in [0.05, 0.1) is 5.02 Å². The Labute approximate surface area is 75.4 Å². The number of fused-ring (bicyclic) bond motifs is 3. The molecule has 13 heavy (non-hydrogen) atoms. The van der Waals surface area contributed by atoms with E-state index in [2.05, 4.69) is 29.9 Å². The number of benzene rings is 1. The molecule has 6 nitrogen and oxygen atoms in total. The van der Waals surface area contributed by atoms with Crippen molar-refractivity contribution < 1.29 is 9.26 Å². The van der Waals surface area contributed by atoms with Crippen LogP contribution in [0.2, 0.25) is 5.02 Å². The fraction of sp³-hybridized carbons (Fsp3) is 0. The van der Waals surface area contributed by atoms with E-state index < -0.39 is 0 Å². The van der Waals surface area contributed by atoms with Crippen LogP contribution in [0.15, 0.2) is 15.3 Å². The van der Waals surface area contributed by atoms with E-state index in [0.717, 1.165) is 0 Å². The Morgan fingerprint density at radius 3 is 2.54 bits per heavy atom. The van der Waals surface area contributed by atoms with Gasteiger partial charge in [0.25, 0.3) is 0 Å². The predicted octanol–water partition coefficient (Wildman–Crippen LogP) is 1.41. The first-order valence-electron chi connectivity index (χ1n) is 3.39. The molecular formula is C6HClN4O2. The Bertz CT molecular complexity index is 586. The average molecular weight is 197 g/mol. The number of aromatic nitrogens is 4. The highest BCUT2D eigenvalue weighted by atomic mass is 35.5. The molecule has 64 valence electrons. The van der Waals surface area contributed by atoms with Crippen LogP contribution in [0.3, 0.4) is 0 Å². The second-order valence-electron chi connectivity index (χ2n) is 2.45. The number of nitrogens with zero attached hydrogens (tertiary/aromatic N) is 4. The fourth-order valence-corrected chi connectivity index (χ4v) is 1.37. The molecule has 0 fully saturated rings. The van der Waals surface area contributed by atoms with Crippen LogP contribution in [0, 0.1) is 0 Å². The van der Waals surface area contributed by atoms with E-state index in [-0.39, 0.29) is 0 Å². The molecule has 0 saturated carbocycles. The highest BCUT2D eigenvalue weighted by Crippen LogP contribution is 2.26. The summed E-state index contributed by atoms with van der Waals surface area (Å²) < 4.78 is 9.06. The summed E-state index contributed by atoms with van der Waals surface area (Å²) in [6.45, 7) is 0. The van der Waals surface area contributed by atoms with Crippen LogP contribution < -0.4 is 0 Å². The standard InChI is InChI=1S/C6HClN4O2/c7-2-1-3-5(10-12-8-3)6-4(2)9-13-11-6/h1H. The Morgan fingerprint density at radius 1 is 0.923 bits per heavy atom. The van der Waals surface area contributed by atoms with Crippen molar-refractivity contribution in [3.8, 4) is 0 Å². The van der Waals surface area contributed by atoms with E-state index in [1.54, 1.807) is 6.07 Å². The van der Waals surface area contributed by atoms with Gasteiger partial charge in [-0.25, -0.2) is 9.26 Å². The molecule has 0 N–H and O–H groups in total. The molecule has 3 aromatic rings. The first-order chi connectivity index (χ1) is 6.36. The lowest BCUT2D eigenvalue weighted by Gasteiger charge is -1.86. The van der Waals surface area contributed by atoms with Crippen molar-refractivity contribution in [2.24, 2.45) is 0 Å². The summed E-state index contributed by atoms with van der Waals surface area (Å²) >= 11 is 5.86. The lowest BCUT2D eigenvalue weighted by atomic mass is 10.2. The summed E-state index contributed by atoms with van der Waals surface area (Å²) in [6, 6.07) is 1.60. The molecule has 0 spiro atoms. The Hall–Kier alpha value is -1.69. The summed E-state index contributed by atoms with van der Waals surface area (Å²) in [7, 11) is 0. The molecule has 0 unspecified atom stereocenters. The molecule has 3 rings (SSSR count). The molecule has 0 saturated heterocycles. The summed E-state index contributed by atoms with van der Waals surface area (Å²) in [5.41, 5.74) is 1.96. The van der Waals surface area contributed by atoms with E-state index in [0.29, 0.717) is 27.1 Å². The van der Waals surface area contributed by atoms with E-state index in [9.17, 15) is 0 Å². The minimum Gasteiger partial charge on any atom is -0.243 e. The Balaban J connectivity index is 2.70. The minimum absolute atomic E-state index is 0.416. The van der Waals surface area contributed by atoms with Crippen molar-refractivity contribution in [1.82, 2.24) is 20.6 Å². The van der Waals surface area contributed by atoms with Crippen molar-refractivity contribution in [3.63, 3.8) is 0 Å². The van der Waals surface area contributed by atoms with Gasteiger partial charge in [-0.2, -0.15) is 0 Å². The molecule has 0 bridgehead atoms. The van der Waals surface area contributed by atoms with E-state index in [4.69, 9.17) is 11.6 Å². The van der Waals surface area contributed by atoms with Gasteiger partial charge in [-0.15, -0.1) is 0 Å². The maximum Gasteiger partial charge on any atom is 0.168 e. The first-order valence-corrected chi connectivity index (χ1v) is 3.77. The molecule has 0 amide bonds. The third-order valence-corrected chi connectivity index (χ3v) is 2.00. The van der Waals surface area contributed by atoms with Gasteiger partial charge in [0.15, 0.2) is 16.6 Å². The molecule has 0 aliphatic carbocycles. The topological polar surface area (TPSA) is 77.8 Å². The van der Waals surface area contributed by atoms with Crippen molar-refractivity contribution in [1.29, 1.82) is 0 Å². The van der Waals surface area contributed by atoms with Gasteiger partial charge >= 0.3 is 0 Å². The Morgan fingerprint density at radius 2 is 1.62 bits per heavy atom. The molecule has 1 aromatic carbocycles. The van der Waals surface area contributed by atoms with Crippen molar-refractivity contribution in [2.75, 3.05) is 0 Å². The summed E-state index contributed by atoms with van der Waals surface area (Å²) in [6.07, 6.45) is 0. The molecule has 0 aliphatic rings. The average Bonchev–Trinajstić information content (AvgIpc) is 2.66. The minimum atomic E-state index is 0.416. The normalized spacial score (nSPS) is 11.5. The van der Waals surface area contributed by atoms with Crippen LogP contribution in [0.1, 0.15) is 0 Å². The molecule has 0 radical (unpaired) electrons. The van der Waals surface area contributed by atoms with Crippen molar-refractivity contribution in [2.45, 2.75) is 0 Å². The second-order valence-corrected chi connectivity index (χ2v) is 2.86. The Kier molecular flexibility index (Phi) is 1.13. The van der Waals surface area contributed by atoms with E-state index >= 15 is 0 Å². The van der Waals surface area contributed by atoms with Gasteiger partial charge in [-0.05, 0) is 26.7 Å². The first kappa shape index (κ1) is 6.79. The number of hydrogen-bond donors (Lipinski definition) is 0. The quantitative estimate of drug-likeness (QED) is 0.541. The molecule has 2 aromatic heterocycles. The van der Waals surface area contributed by atoms with Gasteiger partial charge in [-0.1, -0.05) is 11.6 Å². The van der Waals surface area contributed by atoms with Crippen LogP contribution in [-0.2, 0) is 0 Å². The van der Waals surface area contributed by atoms with Gasteiger partial charge in [0, 0.05) is 0 Å². The molecule has 0 atom stereocenters. The largest absolute Gasteiger partial charge is 0.243 e. The van der Waals surface area contributed by atoms with Crippen molar-refractivity contribution >= 4 is 33.7 Å². The zero-order chi connectivity index (χ0) is 8.84. The third kappa shape index (κ3) is 0.775. The monoisotopic (exact) mass is 196 g/mol. The third-order valence-electron chi connectivity index (χ3n) is 1.72. The lowest BCUT2D eigenvalue weighted by Crippen LogP contribution is -1.76. The van der Waals surface area contributed by atoms with Crippen LogP contribution in [0.4, 0.5) is 0 Å². The van der Waals surface area contributed by atoms with E-state index in [1.165, 1.54) is 0 Å². The number of halogens is 1. The van der Waals surface area contributed by atoms with Crippen molar-refractivity contribution in [3.05, 3.63) is 11.1 Å².